The maximum atomic E-state index is 13.0. The predicted molar refractivity (Wildman–Crippen MR) is 95.0 cm³/mol. The fraction of sp³-hybridized carbons (Fsp3) is 0.278. The van der Waals surface area contributed by atoms with Gasteiger partial charge in [0, 0.05) is 41.6 Å². The van der Waals surface area contributed by atoms with E-state index in [0.29, 0.717) is 6.04 Å². The molecule has 3 nitrogen and oxygen atoms in total. The van der Waals surface area contributed by atoms with E-state index in [1.165, 1.54) is 21.8 Å². The molecule has 3 aromatic rings. The Morgan fingerprint density at radius 2 is 2.13 bits per heavy atom. The first-order valence-electron chi connectivity index (χ1n) is 7.78. The van der Waals surface area contributed by atoms with Gasteiger partial charge >= 0.3 is 0 Å². The smallest absolute Gasteiger partial charge is 0.212 e. The van der Waals surface area contributed by atoms with Gasteiger partial charge in [0.1, 0.15) is 0 Å². The van der Waals surface area contributed by atoms with Crippen molar-refractivity contribution in [2.75, 3.05) is 29.9 Å². The molecule has 0 spiro atoms. The fourth-order valence-electron chi connectivity index (χ4n) is 3.28. The van der Waals surface area contributed by atoms with E-state index < -0.39 is 5.95 Å². The molecule has 1 aromatic carbocycles. The Kier molecular flexibility index (Phi) is 3.65. The van der Waals surface area contributed by atoms with Crippen LogP contribution in [-0.2, 0) is 0 Å². The predicted octanol–water partition coefficient (Wildman–Crippen LogP) is 4.15. The van der Waals surface area contributed by atoms with Crippen LogP contribution in [0, 0.1) is 5.95 Å². The third-order valence-corrected chi connectivity index (χ3v) is 5.58. The number of fused-ring (bicyclic) bond motifs is 1. The van der Waals surface area contributed by atoms with Gasteiger partial charge < -0.3 is 9.80 Å². The zero-order chi connectivity index (χ0) is 15.8. The Morgan fingerprint density at radius 1 is 1.26 bits per heavy atom. The quantitative estimate of drug-likeness (QED) is 0.674. The van der Waals surface area contributed by atoms with Gasteiger partial charge in [-0.1, -0.05) is 18.2 Å². The number of pyridine rings is 1. The number of nitrogens with zero attached hydrogens (tertiary/aromatic N) is 3. The summed E-state index contributed by atoms with van der Waals surface area (Å²) in [7, 11) is 2.17. The van der Waals surface area contributed by atoms with Crippen LogP contribution in [0.2, 0.25) is 0 Å². The van der Waals surface area contributed by atoms with Crippen LogP contribution in [0.15, 0.2) is 48.0 Å². The molecule has 1 aliphatic heterocycles. The van der Waals surface area contributed by atoms with E-state index in [1.54, 1.807) is 17.5 Å². The topological polar surface area (TPSA) is 19.4 Å². The highest BCUT2D eigenvalue weighted by molar-refractivity contribution is 7.17. The van der Waals surface area contributed by atoms with Gasteiger partial charge in [-0.3, -0.25) is 0 Å². The summed E-state index contributed by atoms with van der Waals surface area (Å²) in [5.41, 5.74) is 2.30. The van der Waals surface area contributed by atoms with Gasteiger partial charge in [-0.25, -0.2) is 4.98 Å². The first-order valence-corrected chi connectivity index (χ1v) is 8.66. The standard InChI is InChI=1S/C18H18FN3S/c1-21(16-12-23-17-5-3-2-4-15(16)17)14-8-9-22(11-14)13-6-7-18(19)20-10-13/h2-7,10,12,14H,8-9,11H2,1H3/t14-/m0/s1. The summed E-state index contributed by atoms with van der Waals surface area (Å²) in [6.45, 7) is 1.92. The molecule has 3 heterocycles. The number of rotatable bonds is 3. The second kappa shape index (κ2) is 5.81. The molecule has 0 radical (unpaired) electrons. The Hall–Kier alpha value is -2.14. The lowest BCUT2D eigenvalue weighted by atomic mass is 10.2. The Labute approximate surface area is 139 Å². The molecule has 0 bridgehead atoms. The van der Waals surface area contributed by atoms with Gasteiger partial charge in [0.2, 0.25) is 5.95 Å². The molecule has 0 saturated carbocycles. The highest BCUT2D eigenvalue weighted by atomic mass is 32.1. The number of halogens is 1. The van der Waals surface area contributed by atoms with Gasteiger partial charge in [0.05, 0.1) is 17.6 Å². The lowest BCUT2D eigenvalue weighted by Crippen LogP contribution is -2.34. The van der Waals surface area contributed by atoms with Crippen molar-refractivity contribution in [1.82, 2.24) is 4.98 Å². The molecule has 5 heteroatoms. The van der Waals surface area contributed by atoms with Gasteiger partial charge in [0.25, 0.3) is 0 Å². The maximum absolute atomic E-state index is 13.0. The molecule has 1 atom stereocenters. The van der Waals surface area contributed by atoms with Crippen molar-refractivity contribution in [2.24, 2.45) is 0 Å². The third kappa shape index (κ3) is 2.65. The first kappa shape index (κ1) is 14.5. The molecule has 0 amide bonds. The Balaban J connectivity index is 1.54. The van der Waals surface area contributed by atoms with Crippen LogP contribution < -0.4 is 9.80 Å². The summed E-state index contributed by atoms with van der Waals surface area (Å²) in [4.78, 5) is 8.43. The monoisotopic (exact) mass is 327 g/mol. The number of aromatic nitrogens is 1. The second-order valence-electron chi connectivity index (χ2n) is 5.96. The van der Waals surface area contributed by atoms with Gasteiger partial charge in [-0.15, -0.1) is 11.3 Å². The van der Waals surface area contributed by atoms with Crippen LogP contribution >= 0.6 is 11.3 Å². The molecule has 4 rings (SSSR count). The minimum absolute atomic E-state index is 0.425. The summed E-state index contributed by atoms with van der Waals surface area (Å²) >= 11 is 1.79. The van der Waals surface area contributed by atoms with Gasteiger partial charge in [-0.2, -0.15) is 4.39 Å². The minimum Gasteiger partial charge on any atom is -0.369 e. The number of anilines is 2. The molecule has 0 aliphatic carbocycles. The van der Waals surface area contributed by atoms with E-state index in [-0.39, 0.29) is 0 Å². The third-order valence-electron chi connectivity index (χ3n) is 4.63. The number of hydrogen-bond donors (Lipinski definition) is 0. The van der Waals surface area contributed by atoms with Crippen LogP contribution in [0.1, 0.15) is 6.42 Å². The maximum Gasteiger partial charge on any atom is 0.212 e. The van der Waals surface area contributed by atoms with Crippen molar-refractivity contribution in [3.8, 4) is 0 Å². The molecular formula is C18H18FN3S. The summed E-state index contributed by atoms with van der Waals surface area (Å²) in [5, 5.41) is 3.56. The average molecular weight is 327 g/mol. The number of thiophene rings is 1. The van der Waals surface area contributed by atoms with Gasteiger partial charge in [-0.05, 0) is 24.6 Å². The van der Waals surface area contributed by atoms with E-state index >= 15 is 0 Å². The summed E-state index contributed by atoms with van der Waals surface area (Å²) in [5.74, 6) is -0.425. The van der Waals surface area contributed by atoms with E-state index in [4.69, 9.17) is 0 Å². The molecule has 1 aliphatic rings. The van der Waals surface area contributed by atoms with Crippen LogP contribution in [0.25, 0.3) is 10.1 Å². The first-order chi connectivity index (χ1) is 11.2. The number of likely N-dealkylation sites (N-methyl/N-ethyl adjacent to an activating group) is 1. The zero-order valence-corrected chi connectivity index (χ0v) is 13.8. The number of hydrogen-bond acceptors (Lipinski definition) is 4. The lowest BCUT2D eigenvalue weighted by Gasteiger charge is -2.27. The van der Waals surface area contributed by atoms with E-state index in [1.807, 2.05) is 6.07 Å². The fourth-order valence-corrected chi connectivity index (χ4v) is 4.27. The largest absolute Gasteiger partial charge is 0.369 e. The Morgan fingerprint density at radius 3 is 2.96 bits per heavy atom. The highest BCUT2D eigenvalue weighted by Crippen LogP contribution is 2.34. The molecule has 1 fully saturated rings. The van der Waals surface area contributed by atoms with Crippen molar-refractivity contribution in [3.63, 3.8) is 0 Å². The van der Waals surface area contributed by atoms with Crippen molar-refractivity contribution in [1.29, 1.82) is 0 Å². The second-order valence-corrected chi connectivity index (χ2v) is 6.87. The summed E-state index contributed by atoms with van der Waals surface area (Å²) < 4.78 is 14.3. The van der Waals surface area contributed by atoms with Crippen molar-refractivity contribution >= 4 is 32.8 Å². The Bertz CT molecular complexity index is 815. The van der Waals surface area contributed by atoms with E-state index in [9.17, 15) is 4.39 Å². The number of benzene rings is 1. The van der Waals surface area contributed by atoms with Crippen LogP contribution in [0.5, 0.6) is 0 Å². The molecule has 23 heavy (non-hydrogen) atoms. The van der Waals surface area contributed by atoms with E-state index in [2.05, 4.69) is 51.5 Å². The van der Waals surface area contributed by atoms with Crippen LogP contribution in [0.4, 0.5) is 15.8 Å². The normalized spacial score (nSPS) is 17.8. The molecule has 0 N–H and O–H groups in total. The van der Waals surface area contributed by atoms with Crippen molar-refractivity contribution in [3.05, 3.63) is 53.9 Å². The minimum atomic E-state index is -0.425. The SMILES string of the molecule is CN(c1csc2ccccc12)[C@H]1CCN(c2ccc(F)nc2)C1. The molecule has 1 saturated heterocycles. The highest BCUT2D eigenvalue weighted by Gasteiger charge is 2.27. The molecule has 0 unspecified atom stereocenters. The van der Waals surface area contributed by atoms with Gasteiger partial charge in [0.15, 0.2) is 0 Å². The van der Waals surface area contributed by atoms with Crippen LogP contribution in [-0.4, -0.2) is 31.2 Å². The van der Waals surface area contributed by atoms with E-state index in [0.717, 1.165) is 25.2 Å². The summed E-state index contributed by atoms with van der Waals surface area (Å²) in [6, 6.07) is 12.2. The van der Waals surface area contributed by atoms with Crippen molar-refractivity contribution in [2.45, 2.75) is 12.5 Å². The molecule has 118 valence electrons. The van der Waals surface area contributed by atoms with Crippen molar-refractivity contribution < 1.29 is 4.39 Å². The zero-order valence-electron chi connectivity index (χ0n) is 12.9. The molecular weight excluding hydrogens is 309 g/mol. The molecule has 2 aromatic heterocycles. The summed E-state index contributed by atoms with van der Waals surface area (Å²) in [6.07, 6.45) is 2.72. The average Bonchev–Trinajstić information content (AvgIpc) is 3.22. The van der Waals surface area contributed by atoms with Crippen LogP contribution in [0.3, 0.4) is 0 Å². The lowest BCUT2D eigenvalue weighted by molar-refractivity contribution is 0.583.